The third-order valence-electron chi connectivity index (χ3n) is 2.42. The first-order valence-corrected chi connectivity index (χ1v) is 5.92. The lowest BCUT2D eigenvalue weighted by molar-refractivity contribution is -0.140. The molecule has 0 rings (SSSR count). The number of nitriles is 1. The number of allylic oxidation sites excluding steroid dienone is 2. The molecule has 0 saturated carbocycles. The molecule has 0 bridgehead atoms. The van der Waals surface area contributed by atoms with Gasteiger partial charge >= 0.3 is 5.97 Å². The van der Waals surface area contributed by atoms with Crippen LogP contribution in [-0.4, -0.2) is 13.1 Å². The first-order valence-electron chi connectivity index (χ1n) is 5.92. The Morgan fingerprint density at radius 2 is 1.81 bits per heavy atom. The van der Waals surface area contributed by atoms with Crippen LogP contribution in [0.25, 0.3) is 0 Å². The van der Waals surface area contributed by atoms with Crippen molar-refractivity contribution < 1.29 is 9.53 Å². The molecule has 0 aromatic carbocycles. The summed E-state index contributed by atoms with van der Waals surface area (Å²) in [6.07, 6.45) is 11.8. The lowest BCUT2D eigenvalue weighted by Gasteiger charge is -2.00. The number of nitrogens with zero attached hydrogens (tertiary/aromatic N) is 1. The van der Waals surface area contributed by atoms with Crippen molar-refractivity contribution in [3.05, 3.63) is 12.2 Å². The molecule has 0 aromatic heterocycles. The van der Waals surface area contributed by atoms with Crippen molar-refractivity contribution >= 4 is 5.97 Å². The van der Waals surface area contributed by atoms with E-state index >= 15 is 0 Å². The summed E-state index contributed by atoms with van der Waals surface area (Å²) in [4.78, 5) is 10.8. The summed E-state index contributed by atoms with van der Waals surface area (Å²) in [5, 5.41) is 8.26. The van der Waals surface area contributed by atoms with E-state index in [9.17, 15) is 4.79 Å². The predicted molar refractivity (Wildman–Crippen MR) is 63.7 cm³/mol. The maximum absolute atomic E-state index is 10.8. The first kappa shape index (κ1) is 14.7. The molecule has 0 amide bonds. The van der Waals surface area contributed by atoms with Crippen LogP contribution in [0.4, 0.5) is 0 Å². The number of carbonyl (C=O) groups excluding carboxylic acids is 1. The highest BCUT2D eigenvalue weighted by molar-refractivity contribution is 5.68. The van der Waals surface area contributed by atoms with E-state index in [-0.39, 0.29) is 5.97 Å². The van der Waals surface area contributed by atoms with Gasteiger partial charge in [-0.1, -0.05) is 31.8 Å². The van der Waals surface area contributed by atoms with Gasteiger partial charge in [-0.25, -0.2) is 0 Å². The lowest BCUT2D eigenvalue weighted by Crippen LogP contribution is -1.99. The summed E-state index contributed by atoms with van der Waals surface area (Å²) in [5.74, 6) is -0.110. The van der Waals surface area contributed by atoms with E-state index in [1.54, 1.807) is 0 Å². The molecular weight excluding hydrogens is 202 g/mol. The van der Waals surface area contributed by atoms with Crippen LogP contribution in [0.2, 0.25) is 0 Å². The fraction of sp³-hybridized carbons (Fsp3) is 0.692. The van der Waals surface area contributed by atoms with E-state index in [4.69, 9.17) is 5.26 Å². The molecule has 0 atom stereocenters. The number of ether oxygens (including phenoxy) is 1. The average molecular weight is 223 g/mol. The molecule has 3 heteroatoms. The standard InChI is InChI=1S/C13H21NO2/c1-16-13(15)11-9-7-5-3-2-4-6-8-10-12-14/h8,10H,2-7,9,11H2,1H3. The number of hydrogen-bond acceptors (Lipinski definition) is 3. The minimum absolute atomic E-state index is 0.110. The number of esters is 1. The summed E-state index contributed by atoms with van der Waals surface area (Å²) in [6.45, 7) is 0. The van der Waals surface area contributed by atoms with Gasteiger partial charge in [0.2, 0.25) is 0 Å². The Morgan fingerprint density at radius 3 is 2.44 bits per heavy atom. The van der Waals surface area contributed by atoms with Crippen molar-refractivity contribution in [1.29, 1.82) is 5.26 Å². The van der Waals surface area contributed by atoms with Crippen LogP contribution in [-0.2, 0) is 9.53 Å². The van der Waals surface area contributed by atoms with Gasteiger partial charge in [-0.2, -0.15) is 5.26 Å². The van der Waals surface area contributed by atoms with Gasteiger partial charge in [0, 0.05) is 12.5 Å². The zero-order chi connectivity index (χ0) is 12.1. The Hall–Kier alpha value is -1.30. The van der Waals surface area contributed by atoms with E-state index in [1.807, 2.05) is 12.1 Å². The fourth-order valence-electron chi connectivity index (χ4n) is 1.48. The average Bonchev–Trinajstić information content (AvgIpc) is 2.31. The van der Waals surface area contributed by atoms with Crippen LogP contribution < -0.4 is 0 Å². The Balaban J connectivity index is 3.07. The van der Waals surface area contributed by atoms with Crippen LogP contribution in [0.1, 0.15) is 51.4 Å². The van der Waals surface area contributed by atoms with Gasteiger partial charge in [0.25, 0.3) is 0 Å². The molecule has 0 aliphatic heterocycles. The van der Waals surface area contributed by atoms with Gasteiger partial charge in [0.05, 0.1) is 13.2 Å². The Kier molecular flexibility index (Phi) is 10.8. The highest BCUT2D eigenvalue weighted by atomic mass is 16.5. The van der Waals surface area contributed by atoms with Gasteiger partial charge in [-0.15, -0.1) is 0 Å². The highest BCUT2D eigenvalue weighted by Crippen LogP contribution is 2.09. The van der Waals surface area contributed by atoms with Crippen LogP contribution in [0.3, 0.4) is 0 Å². The fourth-order valence-corrected chi connectivity index (χ4v) is 1.48. The molecule has 3 nitrogen and oxygen atoms in total. The smallest absolute Gasteiger partial charge is 0.305 e. The maximum atomic E-state index is 10.8. The van der Waals surface area contributed by atoms with Crippen molar-refractivity contribution in [2.45, 2.75) is 51.4 Å². The third-order valence-corrected chi connectivity index (χ3v) is 2.42. The van der Waals surface area contributed by atoms with Crippen LogP contribution in [0.5, 0.6) is 0 Å². The van der Waals surface area contributed by atoms with Crippen molar-refractivity contribution in [3.8, 4) is 6.07 Å². The van der Waals surface area contributed by atoms with Gasteiger partial charge in [-0.3, -0.25) is 4.79 Å². The summed E-state index contributed by atoms with van der Waals surface area (Å²) in [6, 6.07) is 1.98. The monoisotopic (exact) mass is 223 g/mol. The zero-order valence-electron chi connectivity index (χ0n) is 10.1. The van der Waals surface area contributed by atoms with E-state index in [0.29, 0.717) is 6.42 Å². The molecule has 0 aromatic rings. The van der Waals surface area contributed by atoms with Crippen molar-refractivity contribution in [1.82, 2.24) is 0 Å². The summed E-state index contributed by atoms with van der Waals surface area (Å²) in [7, 11) is 1.43. The largest absolute Gasteiger partial charge is 0.469 e. The van der Waals surface area contributed by atoms with Crippen molar-refractivity contribution in [3.63, 3.8) is 0 Å². The first-order chi connectivity index (χ1) is 7.81. The molecular formula is C13H21NO2. The molecule has 0 aliphatic rings. The summed E-state index contributed by atoms with van der Waals surface area (Å²) >= 11 is 0. The Labute approximate surface area is 98.1 Å². The SMILES string of the molecule is COC(=O)CCCCCCCCC=CC#N. The van der Waals surface area contributed by atoms with E-state index in [1.165, 1.54) is 32.4 Å². The lowest BCUT2D eigenvalue weighted by atomic mass is 10.1. The molecule has 0 radical (unpaired) electrons. The second kappa shape index (κ2) is 11.8. The van der Waals surface area contributed by atoms with Crippen molar-refractivity contribution in [2.75, 3.05) is 7.11 Å². The molecule has 16 heavy (non-hydrogen) atoms. The molecule has 0 heterocycles. The number of carbonyl (C=O) groups is 1. The maximum Gasteiger partial charge on any atom is 0.305 e. The number of unbranched alkanes of at least 4 members (excludes halogenated alkanes) is 6. The van der Waals surface area contributed by atoms with Crippen LogP contribution in [0, 0.1) is 11.3 Å². The van der Waals surface area contributed by atoms with Gasteiger partial charge in [-0.05, 0) is 19.3 Å². The van der Waals surface area contributed by atoms with E-state index in [2.05, 4.69) is 4.74 Å². The molecule has 0 spiro atoms. The van der Waals surface area contributed by atoms with Gasteiger partial charge < -0.3 is 4.74 Å². The van der Waals surface area contributed by atoms with Crippen LogP contribution in [0.15, 0.2) is 12.2 Å². The zero-order valence-corrected chi connectivity index (χ0v) is 10.1. The van der Waals surface area contributed by atoms with E-state index < -0.39 is 0 Å². The Morgan fingerprint density at radius 1 is 1.19 bits per heavy atom. The molecule has 0 fully saturated rings. The minimum atomic E-state index is -0.110. The molecule has 0 N–H and O–H groups in total. The number of rotatable bonds is 9. The Bertz CT molecular complexity index is 241. The van der Waals surface area contributed by atoms with Crippen molar-refractivity contribution in [2.24, 2.45) is 0 Å². The topological polar surface area (TPSA) is 50.1 Å². The molecule has 0 aliphatic carbocycles. The van der Waals surface area contributed by atoms with Gasteiger partial charge in [0.1, 0.15) is 0 Å². The quantitative estimate of drug-likeness (QED) is 0.342. The van der Waals surface area contributed by atoms with Crippen LogP contribution >= 0.6 is 0 Å². The second-order valence-electron chi connectivity index (χ2n) is 3.77. The van der Waals surface area contributed by atoms with E-state index in [0.717, 1.165) is 25.7 Å². The second-order valence-corrected chi connectivity index (χ2v) is 3.77. The molecule has 90 valence electrons. The number of methoxy groups -OCH3 is 1. The molecule has 0 saturated heterocycles. The van der Waals surface area contributed by atoms with Gasteiger partial charge in [0.15, 0.2) is 0 Å². The minimum Gasteiger partial charge on any atom is -0.469 e. The highest BCUT2D eigenvalue weighted by Gasteiger charge is 1.98. The summed E-state index contributed by atoms with van der Waals surface area (Å²) < 4.78 is 4.56. The number of hydrogen-bond donors (Lipinski definition) is 0. The molecule has 0 unspecified atom stereocenters. The normalized spacial score (nSPS) is 10.2. The summed E-state index contributed by atoms with van der Waals surface area (Å²) in [5.41, 5.74) is 0. The third kappa shape index (κ3) is 10.8. The predicted octanol–water partition coefficient (Wildman–Crippen LogP) is 3.36.